The molecular weight excluding hydrogens is 298 g/mol. The fourth-order valence-electron chi connectivity index (χ4n) is 2.62. The number of aromatic nitrogens is 1. The molecule has 1 aromatic heterocycles. The van der Waals surface area contributed by atoms with Crippen molar-refractivity contribution < 1.29 is 9.53 Å². The van der Waals surface area contributed by atoms with Crippen molar-refractivity contribution >= 4 is 17.4 Å². The van der Waals surface area contributed by atoms with Gasteiger partial charge in [-0.05, 0) is 47.0 Å². The summed E-state index contributed by atoms with van der Waals surface area (Å²) in [5, 5.41) is 4.61. The van der Waals surface area contributed by atoms with E-state index in [4.69, 9.17) is 4.74 Å². The zero-order valence-corrected chi connectivity index (χ0v) is 15.0. The second-order valence-electron chi connectivity index (χ2n) is 6.95. The minimum Gasteiger partial charge on any atom is -0.444 e. The summed E-state index contributed by atoms with van der Waals surface area (Å²) in [5.74, 6) is 0.502. The lowest BCUT2D eigenvalue weighted by atomic mass is 10.1. The van der Waals surface area contributed by atoms with E-state index in [1.165, 1.54) is 4.88 Å². The number of hydrogen-bond acceptors (Lipinski definition) is 5. The van der Waals surface area contributed by atoms with E-state index in [0.717, 1.165) is 43.3 Å². The molecule has 0 saturated carbocycles. The number of nitrogens with one attached hydrogen (secondary N) is 1. The molecule has 2 heterocycles. The maximum atomic E-state index is 12.0. The highest BCUT2D eigenvalue weighted by molar-refractivity contribution is 7.11. The maximum absolute atomic E-state index is 12.0. The van der Waals surface area contributed by atoms with Crippen molar-refractivity contribution in [1.29, 1.82) is 0 Å². The number of aryl methyl sites for hydroxylation is 2. The van der Waals surface area contributed by atoms with Gasteiger partial charge in [0.05, 0.1) is 10.7 Å². The van der Waals surface area contributed by atoms with Crippen LogP contribution in [0.5, 0.6) is 0 Å². The first-order valence-corrected chi connectivity index (χ1v) is 8.68. The molecule has 0 bridgehead atoms. The van der Waals surface area contributed by atoms with Crippen LogP contribution in [0.3, 0.4) is 0 Å². The van der Waals surface area contributed by atoms with Gasteiger partial charge in [0.1, 0.15) is 5.60 Å². The Kier molecular flexibility index (Phi) is 5.45. The zero-order valence-electron chi connectivity index (χ0n) is 14.2. The molecule has 1 aliphatic heterocycles. The van der Waals surface area contributed by atoms with Crippen LogP contribution in [0, 0.1) is 19.8 Å². The topological polar surface area (TPSA) is 54.5 Å². The van der Waals surface area contributed by atoms with Gasteiger partial charge in [0.25, 0.3) is 0 Å². The third-order valence-corrected chi connectivity index (χ3v) is 4.73. The third-order valence-electron chi connectivity index (χ3n) is 3.66. The highest BCUT2D eigenvalue weighted by atomic mass is 32.1. The van der Waals surface area contributed by atoms with Crippen LogP contribution >= 0.6 is 11.3 Å². The normalized spacial score (nSPS) is 18.8. The predicted octanol–water partition coefficient (Wildman–Crippen LogP) is 3.11. The Morgan fingerprint density at radius 3 is 2.77 bits per heavy atom. The first-order valence-electron chi connectivity index (χ1n) is 7.86. The molecule has 124 valence electrons. The number of nitrogens with zero attached hydrogens (tertiary/aromatic N) is 2. The van der Waals surface area contributed by atoms with E-state index in [0.29, 0.717) is 5.92 Å². The van der Waals surface area contributed by atoms with E-state index in [1.54, 1.807) is 11.3 Å². The minimum absolute atomic E-state index is 0.191. The molecule has 1 unspecified atom stereocenters. The van der Waals surface area contributed by atoms with E-state index in [2.05, 4.69) is 17.2 Å². The summed E-state index contributed by atoms with van der Waals surface area (Å²) in [5.41, 5.74) is 0.700. The molecule has 0 spiro atoms. The SMILES string of the molecule is Cc1nc(C)c(CNCC2CCN(C(=O)OC(C)(C)C)C2)s1. The van der Waals surface area contributed by atoms with Crippen molar-refractivity contribution in [2.45, 2.75) is 53.2 Å². The van der Waals surface area contributed by atoms with Gasteiger partial charge in [-0.2, -0.15) is 0 Å². The molecule has 1 aromatic rings. The van der Waals surface area contributed by atoms with Gasteiger partial charge >= 0.3 is 6.09 Å². The lowest BCUT2D eigenvalue weighted by Gasteiger charge is -2.24. The number of amides is 1. The van der Waals surface area contributed by atoms with Crippen molar-refractivity contribution in [3.63, 3.8) is 0 Å². The molecule has 0 aliphatic carbocycles. The number of rotatable bonds is 4. The smallest absolute Gasteiger partial charge is 0.410 e. The lowest BCUT2D eigenvalue weighted by Crippen LogP contribution is -2.36. The van der Waals surface area contributed by atoms with Gasteiger partial charge in [-0.15, -0.1) is 11.3 Å². The van der Waals surface area contributed by atoms with Gasteiger partial charge in [0, 0.05) is 31.1 Å². The van der Waals surface area contributed by atoms with Crippen molar-refractivity contribution in [3.05, 3.63) is 15.6 Å². The number of carbonyl (C=O) groups is 1. The Hall–Kier alpha value is -1.14. The van der Waals surface area contributed by atoms with Gasteiger partial charge in [0.2, 0.25) is 0 Å². The van der Waals surface area contributed by atoms with Crippen LogP contribution in [0.1, 0.15) is 42.8 Å². The Morgan fingerprint density at radius 2 is 2.18 bits per heavy atom. The summed E-state index contributed by atoms with van der Waals surface area (Å²) in [7, 11) is 0. The first kappa shape index (κ1) is 17.2. The second kappa shape index (κ2) is 6.96. The summed E-state index contributed by atoms with van der Waals surface area (Å²) < 4.78 is 5.42. The monoisotopic (exact) mass is 325 g/mol. The highest BCUT2D eigenvalue weighted by Gasteiger charge is 2.29. The molecule has 2 rings (SSSR count). The van der Waals surface area contributed by atoms with Gasteiger partial charge < -0.3 is 15.0 Å². The van der Waals surface area contributed by atoms with Crippen LogP contribution in [-0.4, -0.2) is 41.2 Å². The van der Waals surface area contributed by atoms with Crippen molar-refractivity contribution in [2.75, 3.05) is 19.6 Å². The largest absolute Gasteiger partial charge is 0.444 e. The first-order chi connectivity index (χ1) is 10.2. The average Bonchev–Trinajstić information content (AvgIpc) is 2.95. The van der Waals surface area contributed by atoms with E-state index in [-0.39, 0.29) is 6.09 Å². The summed E-state index contributed by atoms with van der Waals surface area (Å²) in [6.07, 6.45) is 0.844. The quantitative estimate of drug-likeness (QED) is 0.924. The third kappa shape index (κ3) is 4.95. The molecule has 1 N–H and O–H groups in total. The van der Waals surface area contributed by atoms with E-state index in [1.807, 2.05) is 32.6 Å². The molecule has 0 radical (unpaired) electrons. The summed E-state index contributed by atoms with van der Waals surface area (Å²) >= 11 is 1.75. The second-order valence-corrected chi connectivity index (χ2v) is 8.24. The Labute approximate surface area is 137 Å². The zero-order chi connectivity index (χ0) is 16.3. The molecule has 1 amide bonds. The number of ether oxygens (including phenoxy) is 1. The predicted molar refractivity (Wildman–Crippen MR) is 89.2 cm³/mol. The van der Waals surface area contributed by atoms with Crippen LogP contribution in [0.4, 0.5) is 4.79 Å². The maximum Gasteiger partial charge on any atom is 0.410 e. The van der Waals surface area contributed by atoms with Gasteiger partial charge in [-0.3, -0.25) is 0 Å². The van der Waals surface area contributed by atoms with Crippen LogP contribution in [0.15, 0.2) is 0 Å². The Bertz CT molecular complexity index is 522. The minimum atomic E-state index is -0.422. The van der Waals surface area contributed by atoms with Crippen LogP contribution in [-0.2, 0) is 11.3 Å². The van der Waals surface area contributed by atoms with Crippen molar-refractivity contribution in [3.8, 4) is 0 Å². The standard InChI is InChI=1S/C16H27N3O2S/c1-11-14(22-12(2)18-11)9-17-8-13-6-7-19(10-13)15(20)21-16(3,4)5/h13,17H,6-10H2,1-5H3. The fourth-order valence-corrected chi connectivity index (χ4v) is 3.53. The van der Waals surface area contributed by atoms with Crippen molar-refractivity contribution in [2.24, 2.45) is 5.92 Å². The summed E-state index contributed by atoms with van der Waals surface area (Å²) in [6.45, 7) is 13.2. The Balaban J connectivity index is 1.72. The molecule has 1 atom stereocenters. The molecule has 22 heavy (non-hydrogen) atoms. The molecule has 1 aliphatic rings. The number of thiazole rings is 1. The van der Waals surface area contributed by atoms with Crippen molar-refractivity contribution in [1.82, 2.24) is 15.2 Å². The van der Waals surface area contributed by atoms with Crippen LogP contribution < -0.4 is 5.32 Å². The van der Waals surface area contributed by atoms with Gasteiger partial charge in [-0.1, -0.05) is 0 Å². The molecule has 1 fully saturated rings. The highest BCUT2D eigenvalue weighted by Crippen LogP contribution is 2.20. The molecule has 0 aromatic carbocycles. The van der Waals surface area contributed by atoms with E-state index < -0.39 is 5.60 Å². The van der Waals surface area contributed by atoms with E-state index >= 15 is 0 Å². The van der Waals surface area contributed by atoms with Crippen LogP contribution in [0.2, 0.25) is 0 Å². The Morgan fingerprint density at radius 1 is 1.45 bits per heavy atom. The number of hydrogen-bond donors (Lipinski definition) is 1. The average molecular weight is 325 g/mol. The molecule has 5 nitrogen and oxygen atoms in total. The number of likely N-dealkylation sites (tertiary alicyclic amines) is 1. The van der Waals surface area contributed by atoms with E-state index in [9.17, 15) is 4.79 Å². The summed E-state index contributed by atoms with van der Waals surface area (Å²) in [6, 6.07) is 0. The number of carbonyl (C=O) groups excluding carboxylic acids is 1. The van der Waals surface area contributed by atoms with Crippen LogP contribution in [0.25, 0.3) is 0 Å². The lowest BCUT2D eigenvalue weighted by molar-refractivity contribution is 0.0288. The fraction of sp³-hybridized carbons (Fsp3) is 0.750. The summed E-state index contributed by atoms with van der Waals surface area (Å²) in [4.78, 5) is 19.6. The molecular formula is C16H27N3O2S. The van der Waals surface area contributed by atoms with Gasteiger partial charge in [0.15, 0.2) is 0 Å². The molecule has 1 saturated heterocycles. The van der Waals surface area contributed by atoms with Gasteiger partial charge in [-0.25, -0.2) is 9.78 Å². The molecule has 6 heteroatoms.